The zero-order valence-electron chi connectivity index (χ0n) is 15.4. The molecule has 1 fully saturated rings. The van der Waals surface area contributed by atoms with E-state index in [9.17, 15) is 4.79 Å². The van der Waals surface area contributed by atoms with E-state index >= 15 is 0 Å². The molecule has 6 heteroatoms. The van der Waals surface area contributed by atoms with E-state index in [0.717, 1.165) is 60.3 Å². The molecule has 0 bridgehead atoms. The van der Waals surface area contributed by atoms with Gasteiger partial charge in [0.2, 0.25) is 0 Å². The van der Waals surface area contributed by atoms with E-state index in [2.05, 4.69) is 21.6 Å². The Labute approximate surface area is 170 Å². The van der Waals surface area contributed by atoms with Crippen molar-refractivity contribution in [1.82, 2.24) is 10.2 Å². The highest BCUT2D eigenvalue weighted by Gasteiger charge is 2.20. The monoisotopic (exact) mass is 403 g/mol. The van der Waals surface area contributed by atoms with Crippen molar-refractivity contribution in [2.45, 2.75) is 30.2 Å². The second kappa shape index (κ2) is 10.6. The van der Waals surface area contributed by atoms with Crippen molar-refractivity contribution in [2.24, 2.45) is 0 Å². The van der Waals surface area contributed by atoms with Crippen molar-refractivity contribution in [1.29, 1.82) is 0 Å². The molecule has 2 aromatic rings. The van der Waals surface area contributed by atoms with Crippen LogP contribution in [0.2, 0.25) is 5.02 Å². The van der Waals surface area contributed by atoms with Crippen LogP contribution in [-0.4, -0.2) is 42.4 Å². The van der Waals surface area contributed by atoms with E-state index in [1.54, 1.807) is 0 Å². The van der Waals surface area contributed by atoms with Gasteiger partial charge in [-0.1, -0.05) is 41.9 Å². The summed E-state index contributed by atoms with van der Waals surface area (Å²) in [5.74, 6) is 1.07. The molecule has 1 aliphatic heterocycles. The highest BCUT2D eigenvalue weighted by atomic mass is 35.5. The van der Waals surface area contributed by atoms with E-state index in [-0.39, 0.29) is 12.1 Å². The fourth-order valence-corrected chi connectivity index (χ4v) is 4.38. The first-order valence-corrected chi connectivity index (χ1v) is 10.8. The Morgan fingerprint density at radius 3 is 2.52 bits per heavy atom. The molecule has 1 saturated heterocycles. The third-order valence-corrected chi connectivity index (χ3v) is 6.27. The van der Waals surface area contributed by atoms with E-state index in [0.29, 0.717) is 0 Å². The van der Waals surface area contributed by atoms with E-state index in [4.69, 9.17) is 11.6 Å². The van der Waals surface area contributed by atoms with Gasteiger partial charge in [0.05, 0.1) is 5.02 Å². The second-order valence-corrected chi connectivity index (χ2v) is 8.26. The van der Waals surface area contributed by atoms with Crippen LogP contribution in [-0.2, 0) is 0 Å². The average molecular weight is 404 g/mol. The lowest BCUT2D eigenvalue weighted by Gasteiger charge is -2.32. The number of urea groups is 1. The zero-order chi connectivity index (χ0) is 18.9. The Balaban J connectivity index is 1.30. The number of hydrogen-bond donors (Lipinski definition) is 2. The molecule has 1 aliphatic rings. The van der Waals surface area contributed by atoms with Gasteiger partial charge in [-0.05, 0) is 55.8 Å². The number of carbonyl (C=O) groups is 1. The number of halogens is 1. The number of thioether (sulfide) groups is 1. The zero-order valence-corrected chi connectivity index (χ0v) is 16.9. The first-order chi connectivity index (χ1) is 13.2. The van der Waals surface area contributed by atoms with Crippen molar-refractivity contribution in [3.63, 3.8) is 0 Å². The van der Waals surface area contributed by atoms with Crippen LogP contribution >= 0.6 is 23.4 Å². The maximum Gasteiger partial charge on any atom is 0.319 e. The molecule has 3 rings (SSSR count). The molecule has 2 N–H and O–H groups in total. The topological polar surface area (TPSA) is 44.4 Å². The molecule has 27 heavy (non-hydrogen) atoms. The first-order valence-electron chi connectivity index (χ1n) is 9.43. The Morgan fingerprint density at radius 1 is 1.07 bits per heavy atom. The Kier molecular flexibility index (Phi) is 7.87. The molecule has 1 heterocycles. The molecule has 0 aliphatic carbocycles. The molecule has 0 spiro atoms. The summed E-state index contributed by atoms with van der Waals surface area (Å²) in [5.41, 5.74) is 0.823. The first kappa shape index (κ1) is 20.1. The highest BCUT2D eigenvalue weighted by molar-refractivity contribution is 7.99. The van der Waals surface area contributed by atoms with Crippen molar-refractivity contribution in [2.75, 3.05) is 30.7 Å². The average Bonchev–Trinajstić information content (AvgIpc) is 2.68. The molecule has 144 valence electrons. The standard InChI is InChI=1S/C21H26ClN3OS/c22-19-9-4-5-10-20(19)27-16-6-13-25-14-11-18(12-15-25)24-21(26)23-17-7-2-1-3-8-17/h1-5,7-10,18H,6,11-16H2,(H2,23,24,26). The summed E-state index contributed by atoms with van der Waals surface area (Å²) in [6.45, 7) is 3.17. The van der Waals surface area contributed by atoms with E-state index in [1.165, 1.54) is 0 Å². The van der Waals surface area contributed by atoms with Gasteiger partial charge in [0.25, 0.3) is 0 Å². The molecule has 0 unspecified atom stereocenters. The minimum Gasteiger partial charge on any atom is -0.335 e. The van der Waals surface area contributed by atoms with Gasteiger partial charge in [-0.3, -0.25) is 0 Å². The predicted molar refractivity (Wildman–Crippen MR) is 115 cm³/mol. The van der Waals surface area contributed by atoms with Gasteiger partial charge >= 0.3 is 6.03 Å². The summed E-state index contributed by atoms with van der Waals surface area (Å²) in [4.78, 5) is 15.7. The van der Waals surface area contributed by atoms with Crippen LogP contribution in [0.5, 0.6) is 0 Å². The number of para-hydroxylation sites is 1. The molecular formula is C21H26ClN3OS. The lowest BCUT2D eigenvalue weighted by Crippen LogP contribution is -2.46. The van der Waals surface area contributed by atoms with Crippen LogP contribution in [0.15, 0.2) is 59.5 Å². The number of likely N-dealkylation sites (tertiary alicyclic amines) is 1. The van der Waals surface area contributed by atoms with E-state index < -0.39 is 0 Å². The Bertz CT molecular complexity index is 720. The molecule has 0 atom stereocenters. The number of carbonyl (C=O) groups excluding carboxylic acids is 1. The summed E-state index contributed by atoms with van der Waals surface area (Å²) >= 11 is 8.01. The summed E-state index contributed by atoms with van der Waals surface area (Å²) in [6, 6.07) is 17.7. The van der Waals surface area contributed by atoms with Crippen LogP contribution in [0.1, 0.15) is 19.3 Å². The number of amides is 2. The highest BCUT2D eigenvalue weighted by Crippen LogP contribution is 2.27. The lowest BCUT2D eigenvalue weighted by atomic mass is 10.1. The number of anilines is 1. The van der Waals surface area contributed by atoms with Crippen molar-refractivity contribution < 1.29 is 4.79 Å². The van der Waals surface area contributed by atoms with Crippen LogP contribution in [0, 0.1) is 0 Å². The minimum absolute atomic E-state index is 0.115. The van der Waals surface area contributed by atoms with Gasteiger partial charge in [-0.15, -0.1) is 11.8 Å². The van der Waals surface area contributed by atoms with Crippen LogP contribution in [0.3, 0.4) is 0 Å². The smallest absolute Gasteiger partial charge is 0.319 e. The maximum atomic E-state index is 12.1. The van der Waals surface area contributed by atoms with E-state index in [1.807, 2.05) is 60.3 Å². The van der Waals surface area contributed by atoms with Gasteiger partial charge in [0, 0.05) is 29.7 Å². The molecule has 0 saturated carbocycles. The lowest BCUT2D eigenvalue weighted by molar-refractivity contribution is 0.196. The number of hydrogen-bond acceptors (Lipinski definition) is 3. The summed E-state index contributed by atoms with van der Waals surface area (Å²) in [5, 5.41) is 6.81. The summed E-state index contributed by atoms with van der Waals surface area (Å²) in [7, 11) is 0. The number of nitrogens with one attached hydrogen (secondary N) is 2. The number of piperidine rings is 1. The van der Waals surface area contributed by atoms with Crippen molar-refractivity contribution in [3.8, 4) is 0 Å². The number of benzene rings is 2. The second-order valence-electron chi connectivity index (χ2n) is 6.71. The van der Waals surface area contributed by atoms with Crippen LogP contribution in [0.25, 0.3) is 0 Å². The fourth-order valence-electron chi connectivity index (χ4n) is 3.21. The predicted octanol–water partition coefficient (Wildman–Crippen LogP) is 5.11. The van der Waals surface area contributed by atoms with Gasteiger partial charge in [0.1, 0.15) is 0 Å². The van der Waals surface area contributed by atoms with Crippen molar-refractivity contribution >= 4 is 35.1 Å². The van der Waals surface area contributed by atoms with Crippen molar-refractivity contribution in [3.05, 3.63) is 59.6 Å². The summed E-state index contributed by atoms with van der Waals surface area (Å²) in [6.07, 6.45) is 3.14. The van der Waals surface area contributed by atoms with Gasteiger partial charge < -0.3 is 15.5 Å². The SMILES string of the molecule is O=C(Nc1ccccc1)NC1CCN(CCCSc2ccccc2Cl)CC1. The Hall–Kier alpha value is -1.69. The largest absolute Gasteiger partial charge is 0.335 e. The molecule has 0 radical (unpaired) electrons. The molecular weight excluding hydrogens is 378 g/mol. The van der Waals surface area contributed by atoms with Crippen LogP contribution in [0.4, 0.5) is 10.5 Å². The van der Waals surface area contributed by atoms with Crippen LogP contribution < -0.4 is 10.6 Å². The third-order valence-electron chi connectivity index (χ3n) is 4.67. The molecule has 2 amide bonds. The molecule has 4 nitrogen and oxygen atoms in total. The Morgan fingerprint density at radius 2 is 1.78 bits per heavy atom. The van der Waals surface area contributed by atoms with Gasteiger partial charge in [0.15, 0.2) is 0 Å². The fraction of sp³-hybridized carbons (Fsp3) is 0.381. The maximum absolute atomic E-state index is 12.1. The molecule has 2 aromatic carbocycles. The number of nitrogens with zero attached hydrogens (tertiary/aromatic N) is 1. The molecule has 0 aromatic heterocycles. The number of rotatable bonds is 7. The quantitative estimate of drug-likeness (QED) is 0.498. The third kappa shape index (κ3) is 6.76. The summed E-state index contributed by atoms with van der Waals surface area (Å²) < 4.78 is 0. The minimum atomic E-state index is -0.115. The normalized spacial score (nSPS) is 15.4. The van der Waals surface area contributed by atoms with Gasteiger partial charge in [-0.25, -0.2) is 4.79 Å². The van der Waals surface area contributed by atoms with Gasteiger partial charge in [-0.2, -0.15) is 0 Å².